The highest BCUT2D eigenvalue weighted by Crippen LogP contribution is 2.44. The van der Waals surface area contributed by atoms with Crippen molar-refractivity contribution in [1.29, 1.82) is 5.26 Å². The van der Waals surface area contributed by atoms with E-state index >= 15 is 0 Å². The number of anilines is 1. The van der Waals surface area contributed by atoms with Gasteiger partial charge in [-0.1, -0.05) is 30.3 Å². The molecule has 1 aliphatic heterocycles. The predicted molar refractivity (Wildman–Crippen MR) is 140 cm³/mol. The molecule has 10 nitrogen and oxygen atoms in total. The predicted octanol–water partition coefficient (Wildman–Crippen LogP) is 4.06. The van der Waals surface area contributed by atoms with Crippen LogP contribution in [0.4, 0.5) is 5.69 Å². The van der Waals surface area contributed by atoms with Crippen LogP contribution in [-0.4, -0.2) is 39.1 Å². The molecule has 0 saturated heterocycles. The summed E-state index contributed by atoms with van der Waals surface area (Å²) in [5.41, 5.74) is 7.65. The number of Topliss-reactive ketones (excluding diaryl/α,β-unsaturated/α-hetero) is 1. The fraction of sp³-hybridized carbons (Fsp3) is 0.172. The largest absolute Gasteiger partial charge is 0.496 e. The molecule has 2 heterocycles. The van der Waals surface area contributed by atoms with Crippen LogP contribution < -0.4 is 15.4 Å². The Morgan fingerprint density at radius 3 is 2.23 bits per heavy atom. The van der Waals surface area contributed by atoms with E-state index in [1.807, 2.05) is 0 Å². The molecule has 0 amide bonds. The number of nitriles is 1. The van der Waals surface area contributed by atoms with Crippen molar-refractivity contribution in [3.63, 3.8) is 0 Å². The molecule has 10 heteroatoms. The maximum absolute atomic E-state index is 13.2. The Hall–Kier alpha value is -5.30. The van der Waals surface area contributed by atoms with Gasteiger partial charge in [0.25, 0.3) is 0 Å². The van der Waals surface area contributed by atoms with Crippen molar-refractivity contribution < 1.29 is 33.0 Å². The van der Waals surface area contributed by atoms with Crippen molar-refractivity contribution in [2.75, 3.05) is 26.2 Å². The summed E-state index contributed by atoms with van der Waals surface area (Å²) in [6.07, 6.45) is 0. The normalized spacial score (nSPS) is 15.1. The summed E-state index contributed by atoms with van der Waals surface area (Å²) in [6, 6.07) is 18.8. The fourth-order valence-electron chi connectivity index (χ4n) is 4.48. The average molecular weight is 528 g/mol. The zero-order valence-corrected chi connectivity index (χ0v) is 21.7. The van der Waals surface area contributed by atoms with E-state index in [0.717, 1.165) is 0 Å². The first-order valence-electron chi connectivity index (χ1n) is 11.7. The smallest absolute Gasteiger partial charge is 0.355 e. The number of carbonyl (C=O) groups excluding carboxylic acids is 3. The standard InChI is InChI=1S/C29H25N3O7/c1-16(33)21-12-13-22(39-21)19-11-10-18(14-23(19)36-2)32-26(29(35)38-4)25(28(34)37-3)24(20(15-30)27(32)31)17-8-6-5-7-9-17/h5-14,24H,31H2,1-4H3. The molecule has 1 unspecified atom stereocenters. The molecule has 0 radical (unpaired) electrons. The van der Waals surface area contributed by atoms with Gasteiger partial charge in [0.15, 0.2) is 11.5 Å². The molecular weight excluding hydrogens is 502 g/mol. The monoisotopic (exact) mass is 527 g/mol. The lowest BCUT2D eigenvalue weighted by Crippen LogP contribution is -2.40. The van der Waals surface area contributed by atoms with Crippen molar-refractivity contribution >= 4 is 23.4 Å². The van der Waals surface area contributed by atoms with Gasteiger partial charge in [-0.3, -0.25) is 9.69 Å². The van der Waals surface area contributed by atoms with E-state index in [9.17, 15) is 19.6 Å². The minimum absolute atomic E-state index is 0.0365. The van der Waals surface area contributed by atoms with Gasteiger partial charge in [-0.15, -0.1) is 0 Å². The number of ketones is 1. The molecule has 198 valence electrons. The van der Waals surface area contributed by atoms with Gasteiger partial charge in [-0.05, 0) is 29.8 Å². The first-order valence-corrected chi connectivity index (χ1v) is 11.7. The number of carbonyl (C=O) groups is 3. The third kappa shape index (κ3) is 4.73. The Morgan fingerprint density at radius 2 is 1.67 bits per heavy atom. The molecular formula is C29H25N3O7. The Morgan fingerprint density at radius 1 is 0.974 bits per heavy atom. The molecule has 2 N–H and O–H groups in total. The Bertz CT molecular complexity index is 1560. The van der Waals surface area contributed by atoms with Gasteiger partial charge in [0.05, 0.1) is 55.7 Å². The molecule has 1 aromatic heterocycles. The topological polar surface area (TPSA) is 145 Å². The van der Waals surface area contributed by atoms with Crippen LogP contribution in [0.25, 0.3) is 11.3 Å². The minimum atomic E-state index is -0.983. The lowest BCUT2D eigenvalue weighted by Gasteiger charge is -2.36. The number of ether oxygens (including phenoxy) is 3. The first kappa shape index (κ1) is 26.8. The van der Waals surface area contributed by atoms with Crippen molar-refractivity contribution in [3.8, 4) is 23.1 Å². The summed E-state index contributed by atoms with van der Waals surface area (Å²) >= 11 is 0. The van der Waals surface area contributed by atoms with Crippen LogP contribution in [0.5, 0.6) is 5.75 Å². The summed E-state index contributed by atoms with van der Waals surface area (Å²) in [7, 11) is 3.80. The Labute approximate surface area is 224 Å². The van der Waals surface area contributed by atoms with E-state index < -0.39 is 17.9 Å². The molecule has 2 aromatic carbocycles. The number of hydrogen-bond donors (Lipinski definition) is 1. The number of allylic oxidation sites excluding steroid dienone is 1. The molecule has 0 aliphatic carbocycles. The van der Waals surface area contributed by atoms with Gasteiger partial charge in [-0.2, -0.15) is 5.26 Å². The number of nitrogens with zero attached hydrogens (tertiary/aromatic N) is 2. The number of esters is 2. The first-order chi connectivity index (χ1) is 18.8. The van der Waals surface area contributed by atoms with Crippen molar-refractivity contribution in [2.45, 2.75) is 12.8 Å². The SMILES string of the molecule is COC(=O)C1=C(C(=O)OC)N(c2ccc(-c3ccc(C(C)=O)o3)c(OC)c2)C(N)=C(C#N)C1c1ccccc1. The Balaban J connectivity index is 1.98. The second-order valence-electron chi connectivity index (χ2n) is 8.44. The zero-order valence-electron chi connectivity index (χ0n) is 21.7. The van der Waals surface area contributed by atoms with Crippen molar-refractivity contribution in [3.05, 3.63) is 94.7 Å². The summed E-state index contributed by atoms with van der Waals surface area (Å²) in [5, 5.41) is 10.2. The number of benzene rings is 2. The quantitative estimate of drug-likeness (QED) is 0.353. The maximum atomic E-state index is 13.2. The molecule has 0 spiro atoms. The van der Waals surface area contributed by atoms with Gasteiger partial charge >= 0.3 is 11.9 Å². The molecule has 0 saturated carbocycles. The molecule has 0 fully saturated rings. The van der Waals surface area contributed by atoms with Crippen LogP contribution in [0.2, 0.25) is 0 Å². The third-order valence-corrected chi connectivity index (χ3v) is 6.27. The molecule has 1 atom stereocenters. The van der Waals surface area contributed by atoms with Gasteiger partial charge in [-0.25, -0.2) is 9.59 Å². The summed E-state index contributed by atoms with van der Waals surface area (Å²) < 4.78 is 21.3. The van der Waals surface area contributed by atoms with E-state index in [1.54, 1.807) is 60.7 Å². The van der Waals surface area contributed by atoms with Gasteiger partial charge < -0.3 is 24.4 Å². The maximum Gasteiger partial charge on any atom is 0.355 e. The highest BCUT2D eigenvalue weighted by molar-refractivity contribution is 6.06. The fourth-order valence-corrected chi connectivity index (χ4v) is 4.48. The van der Waals surface area contributed by atoms with E-state index in [-0.39, 0.29) is 34.2 Å². The van der Waals surface area contributed by atoms with Gasteiger partial charge in [0, 0.05) is 13.0 Å². The molecule has 3 aromatic rings. The van der Waals surface area contributed by atoms with Crippen LogP contribution in [0.3, 0.4) is 0 Å². The van der Waals surface area contributed by atoms with E-state index in [4.69, 9.17) is 24.4 Å². The van der Waals surface area contributed by atoms with Crippen LogP contribution in [0.15, 0.2) is 87.7 Å². The molecule has 0 bridgehead atoms. The summed E-state index contributed by atoms with van der Waals surface area (Å²) in [4.78, 5) is 39.4. The number of furan rings is 1. The van der Waals surface area contributed by atoms with E-state index in [1.165, 1.54) is 33.2 Å². The van der Waals surface area contributed by atoms with Crippen LogP contribution in [0, 0.1) is 11.3 Å². The highest BCUT2D eigenvalue weighted by atomic mass is 16.5. The highest BCUT2D eigenvalue weighted by Gasteiger charge is 2.43. The zero-order chi connectivity index (χ0) is 28.3. The van der Waals surface area contributed by atoms with Crippen LogP contribution >= 0.6 is 0 Å². The van der Waals surface area contributed by atoms with Crippen LogP contribution in [0.1, 0.15) is 29.0 Å². The van der Waals surface area contributed by atoms with Gasteiger partial charge in [0.2, 0.25) is 0 Å². The minimum Gasteiger partial charge on any atom is -0.496 e. The molecule has 4 rings (SSSR count). The number of nitrogens with two attached hydrogens (primary N) is 1. The lowest BCUT2D eigenvalue weighted by molar-refractivity contribution is -0.139. The third-order valence-electron chi connectivity index (χ3n) is 6.27. The molecule has 1 aliphatic rings. The summed E-state index contributed by atoms with van der Waals surface area (Å²) in [5.74, 6) is -2.10. The lowest BCUT2D eigenvalue weighted by atomic mass is 9.81. The number of methoxy groups -OCH3 is 3. The second-order valence-corrected chi connectivity index (χ2v) is 8.44. The summed E-state index contributed by atoms with van der Waals surface area (Å²) in [6.45, 7) is 1.39. The molecule has 39 heavy (non-hydrogen) atoms. The average Bonchev–Trinajstić information content (AvgIpc) is 3.46. The number of rotatable bonds is 7. The van der Waals surface area contributed by atoms with Gasteiger partial charge in [0.1, 0.15) is 23.0 Å². The van der Waals surface area contributed by atoms with E-state index in [2.05, 4.69) is 6.07 Å². The number of hydrogen-bond acceptors (Lipinski definition) is 10. The second kappa shape index (κ2) is 11.0. The van der Waals surface area contributed by atoms with Crippen molar-refractivity contribution in [2.24, 2.45) is 5.73 Å². The van der Waals surface area contributed by atoms with E-state index in [0.29, 0.717) is 28.3 Å². The Kier molecular flexibility index (Phi) is 7.53. The van der Waals surface area contributed by atoms with Crippen LogP contribution in [-0.2, 0) is 19.1 Å². The van der Waals surface area contributed by atoms with Crippen molar-refractivity contribution in [1.82, 2.24) is 0 Å².